The van der Waals surface area contributed by atoms with E-state index >= 15 is 0 Å². The van der Waals surface area contributed by atoms with E-state index < -0.39 is 0 Å². The van der Waals surface area contributed by atoms with Crippen LogP contribution in [0.1, 0.15) is 30.9 Å². The molecule has 5 rings (SSSR count). The first-order valence-corrected chi connectivity index (χ1v) is 11.7. The lowest BCUT2D eigenvalue weighted by atomic mass is 10.2. The van der Waals surface area contributed by atoms with E-state index in [-0.39, 0.29) is 11.4 Å². The highest BCUT2D eigenvalue weighted by atomic mass is 32.2. The van der Waals surface area contributed by atoms with Crippen molar-refractivity contribution < 1.29 is 14.0 Å². The summed E-state index contributed by atoms with van der Waals surface area (Å²) < 4.78 is 18.9. The van der Waals surface area contributed by atoms with Crippen LogP contribution in [0.4, 0.5) is 0 Å². The number of benzene rings is 1. The molecule has 33 heavy (non-hydrogen) atoms. The van der Waals surface area contributed by atoms with E-state index in [1.807, 2.05) is 43.3 Å². The predicted molar refractivity (Wildman–Crippen MR) is 123 cm³/mol. The molecule has 0 radical (unpaired) electrons. The minimum Gasteiger partial charge on any atom is -0.497 e. The van der Waals surface area contributed by atoms with E-state index in [0.717, 1.165) is 47.3 Å². The van der Waals surface area contributed by atoms with E-state index in [4.69, 9.17) is 14.0 Å². The third-order valence-corrected chi connectivity index (χ3v) is 6.55. The van der Waals surface area contributed by atoms with Crippen LogP contribution in [0.15, 0.2) is 58.5 Å². The van der Waals surface area contributed by atoms with Crippen LogP contribution >= 0.6 is 11.8 Å². The van der Waals surface area contributed by atoms with E-state index in [2.05, 4.69) is 29.9 Å². The zero-order valence-electron chi connectivity index (χ0n) is 18.4. The number of pyridine rings is 1. The normalized spacial score (nSPS) is 16.7. The number of ether oxygens (including phenoxy) is 2. The standard InChI is InChI=1S/C23H24N6O3S/c1-15(22-25-20(28-32-22)16-9-11-24-12-10-16)33-23-27-26-21(17-5-7-18(30-2)8-6-17)29(23)14-19-4-3-13-31-19/h5-12,15,19H,3-4,13-14H2,1-2H3/t15-,19-/m1/s1. The first-order valence-electron chi connectivity index (χ1n) is 10.8. The highest BCUT2D eigenvalue weighted by Crippen LogP contribution is 2.36. The summed E-state index contributed by atoms with van der Waals surface area (Å²) in [5, 5.41) is 13.8. The quantitative estimate of drug-likeness (QED) is 0.350. The highest BCUT2D eigenvalue weighted by Gasteiger charge is 2.25. The summed E-state index contributed by atoms with van der Waals surface area (Å²) in [5.41, 5.74) is 1.83. The lowest BCUT2D eigenvalue weighted by Gasteiger charge is -2.15. The van der Waals surface area contributed by atoms with E-state index in [9.17, 15) is 0 Å². The predicted octanol–water partition coefficient (Wildman–Crippen LogP) is 4.43. The molecule has 1 aromatic carbocycles. The first-order chi connectivity index (χ1) is 16.2. The molecule has 1 fully saturated rings. The van der Waals surface area contributed by atoms with E-state index in [1.54, 1.807) is 19.5 Å². The van der Waals surface area contributed by atoms with Gasteiger partial charge in [0.1, 0.15) is 5.75 Å². The van der Waals surface area contributed by atoms with Gasteiger partial charge in [0.15, 0.2) is 11.0 Å². The molecule has 1 saturated heterocycles. The monoisotopic (exact) mass is 464 g/mol. The maximum absolute atomic E-state index is 5.90. The topological polar surface area (TPSA) is 101 Å². The van der Waals surface area contributed by atoms with Gasteiger partial charge in [-0.25, -0.2) is 0 Å². The van der Waals surface area contributed by atoms with Crippen LogP contribution in [0, 0.1) is 0 Å². The Morgan fingerprint density at radius 1 is 1.12 bits per heavy atom. The summed E-state index contributed by atoms with van der Waals surface area (Å²) in [4.78, 5) is 8.60. The summed E-state index contributed by atoms with van der Waals surface area (Å²) in [6.07, 6.45) is 5.66. The third-order valence-electron chi connectivity index (χ3n) is 5.49. The highest BCUT2D eigenvalue weighted by molar-refractivity contribution is 7.99. The maximum atomic E-state index is 5.90. The number of methoxy groups -OCH3 is 1. The molecule has 0 aliphatic carbocycles. The Morgan fingerprint density at radius 2 is 1.94 bits per heavy atom. The molecule has 1 aliphatic heterocycles. The summed E-state index contributed by atoms with van der Waals surface area (Å²) in [5.74, 6) is 2.67. The van der Waals surface area contributed by atoms with Crippen LogP contribution in [0.2, 0.25) is 0 Å². The van der Waals surface area contributed by atoms with Crippen LogP contribution in [0.5, 0.6) is 5.75 Å². The molecule has 170 valence electrons. The number of hydrogen-bond donors (Lipinski definition) is 0. The van der Waals surface area contributed by atoms with Crippen molar-refractivity contribution in [3.8, 4) is 28.5 Å². The van der Waals surface area contributed by atoms with E-state index in [0.29, 0.717) is 18.3 Å². The Balaban J connectivity index is 1.41. The molecule has 3 aromatic heterocycles. The molecule has 0 amide bonds. The van der Waals surface area contributed by atoms with Gasteiger partial charge in [0.05, 0.1) is 25.0 Å². The smallest absolute Gasteiger partial charge is 0.240 e. The van der Waals surface area contributed by atoms with Gasteiger partial charge >= 0.3 is 0 Å². The second-order valence-electron chi connectivity index (χ2n) is 7.73. The van der Waals surface area contributed by atoms with Gasteiger partial charge in [-0.15, -0.1) is 10.2 Å². The van der Waals surface area contributed by atoms with Gasteiger partial charge in [0, 0.05) is 30.1 Å². The molecule has 9 nitrogen and oxygen atoms in total. The van der Waals surface area contributed by atoms with E-state index in [1.165, 1.54) is 11.8 Å². The molecule has 0 saturated carbocycles. The van der Waals surface area contributed by atoms with Gasteiger partial charge in [-0.05, 0) is 56.2 Å². The fourth-order valence-corrected chi connectivity index (χ4v) is 4.60. The van der Waals surface area contributed by atoms with Crippen LogP contribution in [0.25, 0.3) is 22.8 Å². The van der Waals surface area contributed by atoms with Gasteiger partial charge < -0.3 is 14.0 Å². The lowest BCUT2D eigenvalue weighted by Crippen LogP contribution is -2.16. The molecule has 10 heteroatoms. The zero-order chi connectivity index (χ0) is 22.6. The molecular weight excluding hydrogens is 440 g/mol. The average molecular weight is 465 g/mol. The Morgan fingerprint density at radius 3 is 2.67 bits per heavy atom. The van der Waals surface area contributed by atoms with Gasteiger partial charge in [0.25, 0.3) is 0 Å². The van der Waals surface area contributed by atoms with Crippen LogP contribution in [-0.4, -0.2) is 49.7 Å². The van der Waals surface area contributed by atoms with Crippen molar-refractivity contribution in [1.82, 2.24) is 29.9 Å². The molecular formula is C23H24N6O3S. The molecule has 0 N–H and O–H groups in total. The second kappa shape index (κ2) is 9.72. The van der Waals surface area contributed by atoms with Crippen LogP contribution in [-0.2, 0) is 11.3 Å². The van der Waals surface area contributed by atoms with Crippen molar-refractivity contribution in [3.63, 3.8) is 0 Å². The molecule has 1 aliphatic rings. The number of aromatic nitrogens is 6. The molecule has 0 spiro atoms. The van der Waals surface area contributed by atoms with Gasteiger partial charge in [-0.1, -0.05) is 16.9 Å². The number of nitrogens with zero attached hydrogens (tertiary/aromatic N) is 6. The Kier molecular flexibility index (Phi) is 6.36. The van der Waals surface area contributed by atoms with Crippen molar-refractivity contribution in [2.24, 2.45) is 0 Å². The molecule has 4 aromatic rings. The second-order valence-corrected chi connectivity index (χ2v) is 9.04. The number of rotatable bonds is 8. The van der Waals surface area contributed by atoms with Crippen molar-refractivity contribution in [3.05, 3.63) is 54.7 Å². The Bertz CT molecular complexity index is 1190. The van der Waals surface area contributed by atoms with Crippen LogP contribution < -0.4 is 4.74 Å². The van der Waals surface area contributed by atoms with Crippen molar-refractivity contribution in [2.45, 2.75) is 42.8 Å². The average Bonchev–Trinajstić information content (AvgIpc) is 3.62. The SMILES string of the molecule is COc1ccc(-c2nnc(S[C@H](C)c3nc(-c4ccncc4)no3)n2C[C@H]2CCCO2)cc1. The van der Waals surface area contributed by atoms with Crippen molar-refractivity contribution in [1.29, 1.82) is 0 Å². The summed E-state index contributed by atoms with van der Waals surface area (Å²) >= 11 is 1.54. The van der Waals surface area contributed by atoms with Gasteiger partial charge in [0.2, 0.25) is 11.7 Å². The summed E-state index contributed by atoms with van der Waals surface area (Å²) in [7, 11) is 1.66. The van der Waals surface area contributed by atoms with Gasteiger partial charge in [-0.3, -0.25) is 9.55 Å². The summed E-state index contributed by atoms with van der Waals surface area (Å²) in [6.45, 7) is 3.51. The minimum atomic E-state index is -0.107. The minimum absolute atomic E-state index is 0.107. The number of hydrogen-bond acceptors (Lipinski definition) is 9. The fourth-order valence-electron chi connectivity index (χ4n) is 3.71. The maximum Gasteiger partial charge on any atom is 0.240 e. The first kappa shape index (κ1) is 21.6. The van der Waals surface area contributed by atoms with Crippen LogP contribution in [0.3, 0.4) is 0 Å². The zero-order valence-corrected chi connectivity index (χ0v) is 19.2. The largest absolute Gasteiger partial charge is 0.497 e. The summed E-state index contributed by atoms with van der Waals surface area (Å²) in [6, 6.07) is 11.5. The van der Waals surface area contributed by atoms with Gasteiger partial charge in [-0.2, -0.15) is 4.98 Å². The lowest BCUT2D eigenvalue weighted by molar-refractivity contribution is 0.0953. The van der Waals surface area contributed by atoms with Crippen molar-refractivity contribution in [2.75, 3.05) is 13.7 Å². The fraction of sp³-hybridized carbons (Fsp3) is 0.348. The molecule has 0 bridgehead atoms. The molecule has 2 atom stereocenters. The Hall–Kier alpha value is -3.24. The number of thioether (sulfide) groups is 1. The molecule has 4 heterocycles. The Labute approximate surface area is 195 Å². The van der Waals surface area contributed by atoms with Crippen molar-refractivity contribution >= 4 is 11.8 Å². The molecule has 0 unspecified atom stereocenters. The third kappa shape index (κ3) is 4.76.